The van der Waals surface area contributed by atoms with E-state index in [4.69, 9.17) is 4.74 Å². The van der Waals surface area contributed by atoms with Crippen LogP contribution in [0.25, 0.3) is 0 Å². The fourth-order valence-corrected chi connectivity index (χ4v) is 4.40. The fourth-order valence-electron chi connectivity index (χ4n) is 1.49. The average molecular weight is 500 g/mol. The van der Waals surface area contributed by atoms with E-state index in [1.54, 1.807) is 11.4 Å². The second kappa shape index (κ2) is 6.99. The zero-order valence-corrected chi connectivity index (χ0v) is 15.7. The number of Topliss-reactive ketones (excluding diaryl/α,β-unsaturated/α-hetero) is 1. The number of thiophene rings is 1. The molecule has 9 heteroatoms. The number of carbonyl (C=O) groups is 1. The molecule has 0 saturated carbocycles. The highest BCUT2D eigenvalue weighted by Crippen LogP contribution is 2.37. The number of nitro groups is 1. The van der Waals surface area contributed by atoms with Crippen LogP contribution in [0.5, 0.6) is 5.75 Å². The summed E-state index contributed by atoms with van der Waals surface area (Å²) in [6, 6.07) is 4.44. The van der Waals surface area contributed by atoms with Crippen LogP contribution in [0.4, 0.5) is 5.69 Å². The number of halogens is 3. The molecule has 0 atom stereocenters. The molecule has 0 amide bonds. The molecule has 5 nitrogen and oxygen atoms in total. The summed E-state index contributed by atoms with van der Waals surface area (Å²) in [5.41, 5.74) is -0.0755. The van der Waals surface area contributed by atoms with Gasteiger partial charge in [0.05, 0.1) is 18.7 Å². The first-order valence-corrected chi connectivity index (χ1v) is 8.68. The molecule has 0 aliphatic carbocycles. The Morgan fingerprint density at radius 3 is 2.33 bits per heavy atom. The standard InChI is InChI=1S/C12H6Br3NO4S/c13-7-1-2-21-12(7)10(17)5-20-11-8(14)3-6(16(18)19)4-9(11)15/h1-4H,5H2. The zero-order chi connectivity index (χ0) is 15.6. The highest BCUT2D eigenvalue weighted by atomic mass is 79.9. The number of hydrogen-bond donors (Lipinski definition) is 0. The molecule has 0 fully saturated rings. The summed E-state index contributed by atoms with van der Waals surface area (Å²) >= 11 is 11.0. The molecule has 1 heterocycles. The summed E-state index contributed by atoms with van der Waals surface area (Å²) in [5.74, 6) is 0.177. The Morgan fingerprint density at radius 2 is 1.86 bits per heavy atom. The fraction of sp³-hybridized carbons (Fsp3) is 0.0833. The number of non-ortho nitro benzene ring substituents is 1. The minimum atomic E-state index is -0.507. The van der Waals surface area contributed by atoms with Crippen molar-refractivity contribution in [3.05, 3.63) is 52.0 Å². The van der Waals surface area contributed by atoms with E-state index in [9.17, 15) is 14.9 Å². The normalized spacial score (nSPS) is 10.4. The molecule has 1 aromatic heterocycles. The molecule has 1 aromatic carbocycles. The van der Waals surface area contributed by atoms with Gasteiger partial charge in [-0.05, 0) is 59.2 Å². The summed E-state index contributed by atoms with van der Waals surface area (Å²) in [6.45, 7) is -0.159. The van der Waals surface area contributed by atoms with Crippen molar-refractivity contribution in [2.75, 3.05) is 6.61 Å². The third-order valence-electron chi connectivity index (χ3n) is 2.41. The van der Waals surface area contributed by atoms with Gasteiger partial charge in [-0.3, -0.25) is 14.9 Å². The van der Waals surface area contributed by atoms with Gasteiger partial charge in [0.15, 0.2) is 6.61 Å². The Kier molecular flexibility index (Phi) is 5.53. The molecule has 0 radical (unpaired) electrons. The SMILES string of the molecule is O=C(COc1c(Br)cc([N+](=O)[O-])cc1Br)c1sccc1Br. The van der Waals surface area contributed by atoms with E-state index in [-0.39, 0.29) is 18.1 Å². The predicted molar refractivity (Wildman–Crippen MR) is 90.3 cm³/mol. The number of nitro benzene ring substituents is 1. The molecule has 110 valence electrons. The molecule has 0 aliphatic heterocycles. The van der Waals surface area contributed by atoms with Gasteiger partial charge in [0, 0.05) is 16.6 Å². The number of ether oxygens (including phenoxy) is 1. The van der Waals surface area contributed by atoms with Crippen molar-refractivity contribution in [3.63, 3.8) is 0 Å². The van der Waals surface area contributed by atoms with Crippen LogP contribution in [0.2, 0.25) is 0 Å². The molecule has 2 rings (SSSR count). The number of benzene rings is 1. The smallest absolute Gasteiger partial charge is 0.271 e. The predicted octanol–water partition coefficient (Wildman–Crippen LogP) is 5.21. The molecule has 2 aromatic rings. The molecule has 0 aliphatic rings. The first kappa shape index (κ1) is 16.6. The van der Waals surface area contributed by atoms with Gasteiger partial charge in [0.2, 0.25) is 5.78 Å². The number of rotatable bonds is 5. The van der Waals surface area contributed by atoms with Crippen molar-refractivity contribution in [3.8, 4) is 5.75 Å². The molecule has 0 saturated heterocycles. The Hall–Kier alpha value is -0.770. The molecule has 0 bridgehead atoms. The van der Waals surface area contributed by atoms with E-state index >= 15 is 0 Å². The van der Waals surface area contributed by atoms with Crippen molar-refractivity contribution in [1.82, 2.24) is 0 Å². The minimum Gasteiger partial charge on any atom is -0.483 e. The third-order valence-corrected chi connectivity index (χ3v) is 5.47. The maximum absolute atomic E-state index is 12.0. The lowest BCUT2D eigenvalue weighted by Gasteiger charge is -2.09. The van der Waals surface area contributed by atoms with Crippen molar-refractivity contribution >= 4 is 70.6 Å². The molecule has 0 spiro atoms. The zero-order valence-electron chi connectivity index (χ0n) is 10.1. The molecule has 0 N–H and O–H groups in total. The average Bonchev–Trinajstić information content (AvgIpc) is 2.83. The summed E-state index contributed by atoms with van der Waals surface area (Å²) in [4.78, 5) is 22.8. The summed E-state index contributed by atoms with van der Waals surface area (Å²) in [5, 5.41) is 12.5. The Labute approximate surface area is 148 Å². The van der Waals surface area contributed by atoms with Gasteiger partial charge in [-0.2, -0.15) is 0 Å². The quantitative estimate of drug-likeness (QED) is 0.322. The lowest BCUT2D eigenvalue weighted by molar-refractivity contribution is -0.385. The topological polar surface area (TPSA) is 69.4 Å². The van der Waals surface area contributed by atoms with Gasteiger partial charge in [-0.25, -0.2) is 0 Å². The van der Waals surface area contributed by atoms with Crippen LogP contribution in [0.3, 0.4) is 0 Å². The maximum atomic E-state index is 12.0. The van der Waals surface area contributed by atoms with Crippen LogP contribution in [0.1, 0.15) is 9.67 Å². The molecule has 21 heavy (non-hydrogen) atoms. The van der Waals surface area contributed by atoms with E-state index in [0.717, 1.165) is 4.47 Å². The number of carbonyl (C=O) groups excluding carboxylic acids is 1. The Bertz CT molecular complexity index is 693. The van der Waals surface area contributed by atoms with E-state index in [1.165, 1.54) is 23.5 Å². The van der Waals surface area contributed by atoms with Crippen LogP contribution in [-0.2, 0) is 0 Å². The van der Waals surface area contributed by atoms with Crippen molar-refractivity contribution < 1.29 is 14.5 Å². The highest BCUT2D eigenvalue weighted by molar-refractivity contribution is 9.11. The van der Waals surface area contributed by atoms with Crippen LogP contribution >= 0.6 is 59.1 Å². The lowest BCUT2D eigenvalue weighted by Crippen LogP contribution is -2.11. The van der Waals surface area contributed by atoms with E-state index in [0.29, 0.717) is 19.6 Å². The number of nitrogens with zero attached hydrogens (tertiary/aromatic N) is 1. The highest BCUT2D eigenvalue weighted by Gasteiger charge is 2.18. The Morgan fingerprint density at radius 1 is 1.24 bits per heavy atom. The van der Waals surface area contributed by atoms with E-state index < -0.39 is 4.92 Å². The van der Waals surface area contributed by atoms with E-state index in [2.05, 4.69) is 47.8 Å². The molecule has 0 unspecified atom stereocenters. The third kappa shape index (κ3) is 3.91. The second-order valence-electron chi connectivity index (χ2n) is 3.81. The largest absolute Gasteiger partial charge is 0.483 e. The van der Waals surface area contributed by atoms with Crippen molar-refractivity contribution in [1.29, 1.82) is 0 Å². The summed E-state index contributed by atoms with van der Waals surface area (Å²) < 4.78 is 7.00. The van der Waals surface area contributed by atoms with Gasteiger partial charge >= 0.3 is 0 Å². The van der Waals surface area contributed by atoms with Gasteiger partial charge in [0.25, 0.3) is 5.69 Å². The van der Waals surface area contributed by atoms with Crippen LogP contribution in [0, 0.1) is 10.1 Å². The first-order chi connectivity index (χ1) is 9.90. The number of ketones is 1. The second-order valence-corrected chi connectivity index (χ2v) is 7.28. The summed E-state index contributed by atoms with van der Waals surface area (Å²) in [7, 11) is 0. The van der Waals surface area contributed by atoms with Gasteiger partial charge in [0.1, 0.15) is 5.75 Å². The number of hydrogen-bond acceptors (Lipinski definition) is 5. The van der Waals surface area contributed by atoms with E-state index in [1.807, 2.05) is 0 Å². The maximum Gasteiger partial charge on any atom is 0.271 e. The minimum absolute atomic E-state index is 0.0755. The first-order valence-electron chi connectivity index (χ1n) is 5.42. The Balaban J connectivity index is 2.16. The lowest BCUT2D eigenvalue weighted by atomic mass is 10.3. The molecular weight excluding hydrogens is 494 g/mol. The van der Waals surface area contributed by atoms with Crippen molar-refractivity contribution in [2.45, 2.75) is 0 Å². The van der Waals surface area contributed by atoms with Crippen LogP contribution in [-0.4, -0.2) is 17.3 Å². The van der Waals surface area contributed by atoms with Crippen LogP contribution < -0.4 is 4.74 Å². The monoisotopic (exact) mass is 497 g/mol. The van der Waals surface area contributed by atoms with Gasteiger partial charge in [-0.1, -0.05) is 0 Å². The van der Waals surface area contributed by atoms with Crippen molar-refractivity contribution in [2.24, 2.45) is 0 Å². The van der Waals surface area contributed by atoms with Gasteiger partial charge in [-0.15, -0.1) is 11.3 Å². The molecular formula is C12H6Br3NO4S. The van der Waals surface area contributed by atoms with Crippen LogP contribution in [0.15, 0.2) is 37.0 Å². The van der Waals surface area contributed by atoms with Gasteiger partial charge < -0.3 is 4.74 Å². The summed E-state index contributed by atoms with van der Waals surface area (Å²) in [6.07, 6.45) is 0.